The molecule has 1 rings (SSSR count). The summed E-state index contributed by atoms with van der Waals surface area (Å²) in [7, 11) is 0. The highest BCUT2D eigenvalue weighted by molar-refractivity contribution is 5.97. The van der Waals surface area contributed by atoms with Crippen LogP contribution in [0.15, 0.2) is 18.2 Å². The number of amides is 1. The van der Waals surface area contributed by atoms with Gasteiger partial charge >= 0.3 is 0 Å². The molecule has 1 amide bonds. The van der Waals surface area contributed by atoms with Gasteiger partial charge in [-0.3, -0.25) is 4.79 Å². The number of nitrogens with one attached hydrogen (secondary N) is 1. The maximum Gasteiger partial charge on any atom is 0.252 e. The van der Waals surface area contributed by atoms with E-state index in [-0.39, 0.29) is 11.9 Å². The van der Waals surface area contributed by atoms with E-state index in [4.69, 9.17) is 5.73 Å². The fraction of sp³-hybridized carbons (Fsp3) is 0.462. The van der Waals surface area contributed by atoms with Crippen LogP contribution in [0, 0.1) is 13.8 Å². The molecular weight excluding hydrogens is 200 g/mol. The second-order valence-electron chi connectivity index (χ2n) is 4.08. The minimum Gasteiger partial charge on any atom is -0.348 e. The molecule has 0 aromatic heterocycles. The molecule has 1 aromatic carbocycles. The van der Waals surface area contributed by atoms with Gasteiger partial charge in [0.25, 0.3) is 5.91 Å². The van der Waals surface area contributed by atoms with Crippen LogP contribution >= 0.6 is 0 Å². The number of carbonyl (C=O) groups is 1. The standard InChI is InChI=1S/C13H20N2O/c1-4-11(8-14)15-13(16)12-9(2)6-5-7-10(12)3/h5-7,11H,4,8,14H2,1-3H3,(H,15,16). The Kier molecular flexibility index (Phi) is 4.50. The number of aryl methyl sites for hydroxylation is 2. The number of carbonyl (C=O) groups excluding carboxylic acids is 1. The molecule has 16 heavy (non-hydrogen) atoms. The quantitative estimate of drug-likeness (QED) is 0.812. The lowest BCUT2D eigenvalue weighted by Gasteiger charge is -2.16. The summed E-state index contributed by atoms with van der Waals surface area (Å²) in [5.41, 5.74) is 8.35. The fourth-order valence-corrected chi connectivity index (χ4v) is 1.76. The van der Waals surface area contributed by atoms with Crippen molar-refractivity contribution in [2.24, 2.45) is 5.73 Å². The van der Waals surface area contributed by atoms with E-state index in [0.717, 1.165) is 23.1 Å². The van der Waals surface area contributed by atoms with Crippen LogP contribution in [0.1, 0.15) is 34.8 Å². The van der Waals surface area contributed by atoms with Crippen LogP contribution in [0.5, 0.6) is 0 Å². The molecule has 1 unspecified atom stereocenters. The minimum absolute atomic E-state index is 0.0205. The lowest BCUT2D eigenvalue weighted by atomic mass is 10.0. The molecule has 88 valence electrons. The molecule has 1 aromatic rings. The van der Waals surface area contributed by atoms with Crippen molar-refractivity contribution in [3.8, 4) is 0 Å². The molecule has 0 aliphatic carbocycles. The Morgan fingerprint density at radius 1 is 1.38 bits per heavy atom. The van der Waals surface area contributed by atoms with Gasteiger partial charge in [-0.05, 0) is 31.4 Å². The molecule has 0 aliphatic rings. The maximum atomic E-state index is 12.0. The van der Waals surface area contributed by atoms with E-state index in [1.807, 2.05) is 39.0 Å². The zero-order chi connectivity index (χ0) is 12.1. The van der Waals surface area contributed by atoms with E-state index in [1.54, 1.807) is 0 Å². The highest BCUT2D eigenvalue weighted by Crippen LogP contribution is 2.13. The van der Waals surface area contributed by atoms with Crippen molar-refractivity contribution in [3.05, 3.63) is 34.9 Å². The van der Waals surface area contributed by atoms with Gasteiger partial charge < -0.3 is 11.1 Å². The topological polar surface area (TPSA) is 55.1 Å². The molecule has 3 nitrogen and oxygen atoms in total. The van der Waals surface area contributed by atoms with Crippen molar-refractivity contribution < 1.29 is 4.79 Å². The molecule has 0 saturated carbocycles. The molecule has 0 spiro atoms. The summed E-state index contributed by atoms with van der Waals surface area (Å²) in [5.74, 6) is -0.0205. The first-order chi connectivity index (χ1) is 7.60. The lowest BCUT2D eigenvalue weighted by molar-refractivity contribution is 0.0936. The molecule has 0 bridgehead atoms. The third-order valence-electron chi connectivity index (χ3n) is 2.82. The van der Waals surface area contributed by atoms with Crippen LogP contribution in [-0.4, -0.2) is 18.5 Å². The number of benzene rings is 1. The maximum absolute atomic E-state index is 12.0. The fourth-order valence-electron chi connectivity index (χ4n) is 1.76. The predicted molar refractivity (Wildman–Crippen MR) is 66.5 cm³/mol. The Morgan fingerprint density at radius 3 is 2.38 bits per heavy atom. The SMILES string of the molecule is CCC(CN)NC(=O)c1c(C)cccc1C. The molecule has 1 atom stereocenters. The predicted octanol–water partition coefficient (Wildman–Crippen LogP) is 1.77. The van der Waals surface area contributed by atoms with E-state index in [9.17, 15) is 4.79 Å². The Bertz CT molecular complexity index is 350. The first-order valence-corrected chi connectivity index (χ1v) is 5.67. The van der Waals surface area contributed by atoms with Crippen molar-refractivity contribution in [1.82, 2.24) is 5.32 Å². The van der Waals surface area contributed by atoms with Gasteiger partial charge in [0.2, 0.25) is 0 Å². The van der Waals surface area contributed by atoms with E-state index in [2.05, 4.69) is 5.32 Å². The second-order valence-corrected chi connectivity index (χ2v) is 4.08. The van der Waals surface area contributed by atoms with Gasteiger partial charge in [-0.1, -0.05) is 25.1 Å². The Hall–Kier alpha value is -1.35. The van der Waals surface area contributed by atoms with Crippen LogP contribution in [0.25, 0.3) is 0 Å². The highest BCUT2D eigenvalue weighted by atomic mass is 16.1. The summed E-state index contributed by atoms with van der Waals surface area (Å²) >= 11 is 0. The van der Waals surface area contributed by atoms with Crippen molar-refractivity contribution in [3.63, 3.8) is 0 Å². The Labute approximate surface area is 97.0 Å². The van der Waals surface area contributed by atoms with Crippen molar-refractivity contribution in [1.29, 1.82) is 0 Å². The smallest absolute Gasteiger partial charge is 0.252 e. The summed E-state index contributed by atoms with van der Waals surface area (Å²) in [4.78, 5) is 12.0. The van der Waals surface area contributed by atoms with Gasteiger partial charge in [0.05, 0.1) is 0 Å². The first-order valence-electron chi connectivity index (χ1n) is 5.67. The average Bonchev–Trinajstić information content (AvgIpc) is 2.25. The molecule has 3 heteroatoms. The first kappa shape index (κ1) is 12.7. The summed E-state index contributed by atoms with van der Waals surface area (Å²) in [6, 6.07) is 5.92. The number of hydrogen-bond acceptors (Lipinski definition) is 2. The summed E-state index contributed by atoms with van der Waals surface area (Å²) < 4.78 is 0. The summed E-state index contributed by atoms with van der Waals surface area (Å²) in [6.45, 7) is 6.40. The third kappa shape index (κ3) is 2.83. The zero-order valence-electron chi connectivity index (χ0n) is 10.2. The third-order valence-corrected chi connectivity index (χ3v) is 2.82. The van der Waals surface area contributed by atoms with Crippen LogP contribution in [0.4, 0.5) is 0 Å². The number of hydrogen-bond donors (Lipinski definition) is 2. The second kappa shape index (κ2) is 5.66. The Balaban J connectivity index is 2.88. The molecule has 0 fully saturated rings. The van der Waals surface area contributed by atoms with Gasteiger partial charge in [-0.15, -0.1) is 0 Å². The van der Waals surface area contributed by atoms with E-state index >= 15 is 0 Å². The summed E-state index contributed by atoms with van der Waals surface area (Å²) in [6.07, 6.45) is 0.854. The largest absolute Gasteiger partial charge is 0.348 e. The minimum atomic E-state index is -0.0205. The normalized spacial score (nSPS) is 12.2. The lowest BCUT2D eigenvalue weighted by Crippen LogP contribution is -2.40. The molecule has 0 heterocycles. The summed E-state index contributed by atoms with van der Waals surface area (Å²) in [5, 5.41) is 2.95. The monoisotopic (exact) mass is 220 g/mol. The zero-order valence-corrected chi connectivity index (χ0v) is 10.2. The number of nitrogens with two attached hydrogens (primary N) is 1. The molecule has 3 N–H and O–H groups in total. The number of rotatable bonds is 4. The van der Waals surface area contributed by atoms with Crippen molar-refractivity contribution in [2.75, 3.05) is 6.54 Å². The van der Waals surface area contributed by atoms with Crippen molar-refractivity contribution in [2.45, 2.75) is 33.2 Å². The van der Waals surface area contributed by atoms with Crippen LogP contribution in [-0.2, 0) is 0 Å². The molecule has 0 radical (unpaired) electrons. The van der Waals surface area contributed by atoms with E-state index in [1.165, 1.54) is 0 Å². The Morgan fingerprint density at radius 2 is 1.94 bits per heavy atom. The van der Waals surface area contributed by atoms with Gasteiger partial charge in [-0.2, -0.15) is 0 Å². The molecule has 0 saturated heterocycles. The van der Waals surface area contributed by atoms with Gasteiger partial charge in [0.1, 0.15) is 0 Å². The van der Waals surface area contributed by atoms with Gasteiger partial charge in [0.15, 0.2) is 0 Å². The van der Waals surface area contributed by atoms with Crippen LogP contribution < -0.4 is 11.1 Å². The molecular formula is C13H20N2O. The van der Waals surface area contributed by atoms with Crippen LogP contribution in [0.2, 0.25) is 0 Å². The highest BCUT2D eigenvalue weighted by Gasteiger charge is 2.14. The van der Waals surface area contributed by atoms with Crippen molar-refractivity contribution >= 4 is 5.91 Å². The average molecular weight is 220 g/mol. The van der Waals surface area contributed by atoms with E-state index in [0.29, 0.717) is 6.54 Å². The van der Waals surface area contributed by atoms with E-state index < -0.39 is 0 Å². The molecule has 0 aliphatic heterocycles. The van der Waals surface area contributed by atoms with Gasteiger partial charge in [0, 0.05) is 18.2 Å². The van der Waals surface area contributed by atoms with Gasteiger partial charge in [-0.25, -0.2) is 0 Å². The van der Waals surface area contributed by atoms with Crippen LogP contribution in [0.3, 0.4) is 0 Å².